The highest BCUT2D eigenvalue weighted by atomic mass is 15.4. The van der Waals surface area contributed by atoms with Crippen LogP contribution in [0.25, 0.3) is 5.69 Å². The topological polar surface area (TPSA) is 60.0 Å². The third kappa shape index (κ3) is 1.25. The number of rotatable bonds is 0. The van der Waals surface area contributed by atoms with Crippen molar-refractivity contribution in [1.29, 1.82) is 0 Å². The molecule has 1 atom stereocenters. The van der Waals surface area contributed by atoms with Gasteiger partial charge in [-0.3, -0.25) is 0 Å². The van der Waals surface area contributed by atoms with Crippen LogP contribution >= 0.6 is 0 Å². The Kier molecular flexibility index (Phi) is 1.92. The smallest absolute Gasteiger partial charge is 0.154 e. The Labute approximate surface area is 99.9 Å². The van der Waals surface area contributed by atoms with Gasteiger partial charge in [-0.25, -0.2) is 9.67 Å². The lowest BCUT2D eigenvalue weighted by molar-refractivity contribution is 0.624. The summed E-state index contributed by atoms with van der Waals surface area (Å²) in [5.74, 6) is 1.75. The number of hydrogen-bond acceptors (Lipinski definition) is 4. The maximum absolute atomic E-state index is 6.05. The Balaban J connectivity index is 2.35. The van der Waals surface area contributed by atoms with Crippen molar-refractivity contribution >= 4 is 11.4 Å². The molecule has 1 aromatic heterocycles. The minimum atomic E-state index is 0.174. The van der Waals surface area contributed by atoms with Crippen LogP contribution in [0.2, 0.25) is 0 Å². The van der Waals surface area contributed by atoms with Crippen molar-refractivity contribution in [2.45, 2.75) is 19.9 Å². The van der Waals surface area contributed by atoms with Gasteiger partial charge >= 0.3 is 0 Å². The molecule has 0 saturated carbocycles. The van der Waals surface area contributed by atoms with Crippen LogP contribution in [-0.4, -0.2) is 21.8 Å². The van der Waals surface area contributed by atoms with Crippen LogP contribution in [0, 0.1) is 6.92 Å². The van der Waals surface area contributed by atoms with Crippen LogP contribution in [-0.2, 0) is 0 Å². The van der Waals surface area contributed by atoms with Gasteiger partial charge < -0.3 is 10.6 Å². The number of fused-ring (bicyclic) bond motifs is 3. The van der Waals surface area contributed by atoms with E-state index in [-0.39, 0.29) is 6.04 Å². The minimum Gasteiger partial charge on any atom is -0.397 e. The fraction of sp³-hybridized carbons (Fsp3) is 0.333. The number of nitrogen functional groups attached to an aromatic ring is 1. The lowest BCUT2D eigenvalue weighted by atomic mass is 10.1. The molecule has 0 radical (unpaired) electrons. The molecule has 0 bridgehead atoms. The highest BCUT2D eigenvalue weighted by Gasteiger charge is 2.29. The predicted molar refractivity (Wildman–Crippen MR) is 67.3 cm³/mol. The van der Waals surface area contributed by atoms with Crippen LogP contribution in [0.4, 0.5) is 11.4 Å². The van der Waals surface area contributed by atoms with Crippen molar-refractivity contribution in [3.63, 3.8) is 0 Å². The Morgan fingerprint density at radius 2 is 2.12 bits per heavy atom. The highest BCUT2D eigenvalue weighted by Crippen LogP contribution is 2.39. The number of aromatic nitrogens is 3. The zero-order valence-corrected chi connectivity index (χ0v) is 10.2. The molecule has 0 spiro atoms. The summed E-state index contributed by atoms with van der Waals surface area (Å²) in [6.07, 6.45) is 0. The highest BCUT2D eigenvalue weighted by molar-refractivity contribution is 5.78. The van der Waals surface area contributed by atoms with Gasteiger partial charge in [-0.05, 0) is 26.0 Å². The van der Waals surface area contributed by atoms with E-state index in [4.69, 9.17) is 5.73 Å². The van der Waals surface area contributed by atoms with Crippen LogP contribution < -0.4 is 10.6 Å². The van der Waals surface area contributed by atoms with Gasteiger partial charge in [0.05, 0.1) is 23.1 Å². The van der Waals surface area contributed by atoms with Gasteiger partial charge in [-0.2, -0.15) is 5.10 Å². The molecule has 0 amide bonds. The summed E-state index contributed by atoms with van der Waals surface area (Å²) in [6.45, 7) is 4.01. The van der Waals surface area contributed by atoms with Gasteiger partial charge in [0, 0.05) is 7.05 Å². The number of hydrogen-bond donors (Lipinski definition) is 1. The second-order valence-corrected chi connectivity index (χ2v) is 4.43. The fourth-order valence-electron chi connectivity index (χ4n) is 2.35. The standard InChI is InChI=1S/C12H15N5/c1-7-12-14-8(2)15-17(12)10-6-4-5-9(13)11(10)16(7)3/h4-7H,13H2,1-3H3/t7-/m1/s1. The van der Waals surface area contributed by atoms with Crippen LogP contribution in [0.1, 0.15) is 24.6 Å². The first-order valence-corrected chi connectivity index (χ1v) is 5.65. The number of para-hydroxylation sites is 1. The van der Waals surface area contributed by atoms with Crippen molar-refractivity contribution in [3.8, 4) is 5.69 Å². The maximum Gasteiger partial charge on any atom is 0.154 e. The van der Waals surface area contributed by atoms with Crippen molar-refractivity contribution in [3.05, 3.63) is 29.8 Å². The first kappa shape index (κ1) is 10.1. The number of anilines is 2. The number of benzene rings is 1. The van der Waals surface area contributed by atoms with E-state index >= 15 is 0 Å². The van der Waals surface area contributed by atoms with Gasteiger partial charge in [-0.1, -0.05) is 6.07 Å². The molecule has 3 rings (SSSR count). The molecule has 5 heteroatoms. The number of nitrogens with two attached hydrogens (primary N) is 1. The van der Waals surface area contributed by atoms with Crippen molar-refractivity contribution in [2.75, 3.05) is 17.7 Å². The minimum absolute atomic E-state index is 0.174. The summed E-state index contributed by atoms with van der Waals surface area (Å²) in [5.41, 5.74) is 8.85. The van der Waals surface area contributed by atoms with Crippen molar-refractivity contribution in [1.82, 2.24) is 14.8 Å². The van der Waals surface area contributed by atoms with E-state index in [2.05, 4.69) is 21.9 Å². The molecule has 2 N–H and O–H groups in total. The summed E-state index contributed by atoms with van der Waals surface area (Å²) in [7, 11) is 2.04. The fourth-order valence-corrected chi connectivity index (χ4v) is 2.35. The van der Waals surface area contributed by atoms with Crippen LogP contribution in [0.15, 0.2) is 18.2 Å². The third-order valence-electron chi connectivity index (χ3n) is 3.32. The molecule has 2 aromatic rings. The zero-order chi connectivity index (χ0) is 12.2. The molecule has 0 unspecified atom stereocenters. The molecule has 88 valence electrons. The van der Waals surface area contributed by atoms with Crippen LogP contribution in [0.5, 0.6) is 0 Å². The summed E-state index contributed by atoms with van der Waals surface area (Å²) < 4.78 is 1.89. The lowest BCUT2D eigenvalue weighted by Gasteiger charge is -2.33. The van der Waals surface area contributed by atoms with E-state index in [1.54, 1.807) is 0 Å². The second kappa shape index (κ2) is 3.23. The first-order valence-electron chi connectivity index (χ1n) is 5.65. The molecule has 1 aliphatic rings. The molecule has 1 aliphatic heterocycles. The van der Waals surface area contributed by atoms with Gasteiger partial charge in [0.1, 0.15) is 5.82 Å². The molecule has 0 fully saturated rings. The summed E-state index contributed by atoms with van der Waals surface area (Å²) in [6, 6.07) is 6.05. The first-order chi connectivity index (χ1) is 8.09. The molecule has 5 nitrogen and oxygen atoms in total. The third-order valence-corrected chi connectivity index (χ3v) is 3.32. The Morgan fingerprint density at radius 3 is 2.88 bits per heavy atom. The van der Waals surface area contributed by atoms with Gasteiger partial charge in [0.2, 0.25) is 0 Å². The van der Waals surface area contributed by atoms with E-state index in [9.17, 15) is 0 Å². The largest absolute Gasteiger partial charge is 0.397 e. The molecule has 17 heavy (non-hydrogen) atoms. The van der Waals surface area contributed by atoms with Crippen molar-refractivity contribution in [2.24, 2.45) is 0 Å². The van der Waals surface area contributed by atoms with Gasteiger partial charge in [0.15, 0.2) is 5.82 Å². The number of nitrogens with zero attached hydrogens (tertiary/aromatic N) is 4. The Bertz CT molecular complexity index is 587. The molecule has 0 aliphatic carbocycles. The maximum atomic E-state index is 6.05. The SMILES string of the molecule is Cc1nc2n(n1)-c1cccc(N)c1N(C)[C@@H]2C. The summed E-state index contributed by atoms with van der Waals surface area (Å²) in [5, 5.41) is 4.44. The van der Waals surface area contributed by atoms with E-state index in [1.165, 1.54) is 0 Å². The molecular formula is C12H15N5. The molecular weight excluding hydrogens is 214 g/mol. The summed E-state index contributed by atoms with van der Waals surface area (Å²) >= 11 is 0. The van der Waals surface area contributed by atoms with E-state index in [1.807, 2.05) is 36.9 Å². The second-order valence-electron chi connectivity index (χ2n) is 4.43. The normalized spacial score (nSPS) is 17.8. The molecule has 0 saturated heterocycles. The monoisotopic (exact) mass is 229 g/mol. The van der Waals surface area contributed by atoms with Crippen LogP contribution in [0.3, 0.4) is 0 Å². The van der Waals surface area contributed by atoms with E-state index < -0.39 is 0 Å². The van der Waals surface area contributed by atoms with E-state index in [0.717, 1.165) is 28.7 Å². The quantitative estimate of drug-likeness (QED) is 0.698. The lowest BCUT2D eigenvalue weighted by Crippen LogP contribution is -2.31. The average Bonchev–Trinajstić information content (AvgIpc) is 2.68. The molecule has 1 aromatic carbocycles. The Morgan fingerprint density at radius 1 is 1.35 bits per heavy atom. The predicted octanol–water partition coefficient (Wildman–Crippen LogP) is 1.67. The molecule has 2 heterocycles. The summed E-state index contributed by atoms with van der Waals surface area (Å²) in [4.78, 5) is 6.63. The van der Waals surface area contributed by atoms with Gasteiger partial charge in [-0.15, -0.1) is 0 Å². The average molecular weight is 229 g/mol. The van der Waals surface area contributed by atoms with E-state index in [0.29, 0.717) is 0 Å². The van der Waals surface area contributed by atoms with Crippen molar-refractivity contribution < 1.29 is 0 Å². The Hall–Kier alpha value is -2.04. The van der Waals surface area contributed by atoms with Gasteiger partial charge in [0.25, 0.3) is 0 Å². The number of aryl methyl sites for hydroxylation is 1. The zero-order valence-electron chi connectivity index (χ0n) is 10.2.